The summed E-state index contributed by atoms with van der Waals surface area (Å²) in [6.07, 6.45) is 6.48. The second-order valence-electron chi connectivity index (χ2n) is 4.98. The molecule has 0 nitrogen and oxygen atoms in total. The average molecular weight is 278 g/mol. The zero-order chi connectivity index (χ0) is 14.1. The molecule has 2 aromatic carbocycles. The van der Waals surface area contributed by atoms with Gasteiger partial charge in [0.1, 0.15) is 0 Å². The first-order valence-electron chi connectivity index (χ1n) is 6.96. The number of aryl methyl sites for hydroxylation is 1. The Balaban J connectivity index is 2.41. The molecule has 0 aliphatic carbocycles. The largest absolute Gasteiger partial charge is 0.134 e. The van der Waals surface area contributed by atoms with E-state index in [0.29, 0.717) is 0 Å². The van der Waals surface area contributed by atoms with Crippen molar-refractivity contribution in [3.8, 4) is 0 Å². The number of benzene rings is 2. The highest BCUT2D eigenvalue weighted by atomic mass is 32.1. The quantitative estimate of drug-likeness (QED) is 0.480. The van der Waals surface area contributed by atoms with Gasteiger partial charge in [0.25, 0.3) is 0 Å². The van der Waals surface area contributed by atoms with Crippen LogP contribution in [0.15, 0.2) is 54.6 Å². The van der Waals surface area contributed by atoms with Crippen LogP contribution >= 0.6 is 11.3 Å². The summed E-state index contributed by atoms with van der Waals surface area (Å²) in [4.78, 5) is 0. The summed E-state index contributed by atoms with van der Waals surface area (Å²) < 4.78 is 2.80. The van der Waals surface area contributed by atoms with Crippen LogP contribution in [0.1, 0.15) is 25.0 Å². The van der Waals surface area contributed by atoms with Gasteiger partial charge < -0.3 is 0 Å². The minimum Gasteiger partial charge on any atom is -0.134 e. The first kappa shape index (κ1) is 13.1. The summed E-state index contributed by atoms with van der Waals surface area (Å²) in [5.41, 5.74) is 3.99. The first-order valence-corrected chi connectivity index (χ1v) is 7.78. The first-order chi connectivity index (χ1) is 9.76. The van der Waals surface area contributed by atoms with E-state index in [1.54, 1.807) is 0 Å². The maximum atomic E-state index is 2.24. The fourth-order valence-electron chi connectivity index (χ4n) is 2.71. The van der Waals surface area contributed by atoms with Crippen molar-refractivity contribution >= 4 is 37.1 Å². The monoisotopic (exact) mass is 278 g/mol. The van der Waals surface area contributed by atoms with Crippen LogP contribution in [0.25, 0.3) is 25.7 Å². The third kappa shape index (κ3) is 1.99. The fraction of sp³-hybridized carbons (Fsp3) is 0.158. The Bertz CT molecular complexity index is 831. The normalized spacial score (nSPS) is 12.8. The number of hydrogen-bond acceptors (Lipinski definition) is 1. The van der Waals surface area contributed by atoms with Crippen LogP contribution in [0.4, 0.5) is 0 Å². The Morgan fingerprint density at radius 3 is 2.35 bits per heavy atom. The molecule has 3 rings (SSSR count). The molecule has 0 amide bonds. The number of fused-ring (bicyclic) bond motifs is 3. The highest BCUT2D eigenvalue weighted by Gasteiger charge is 2.11. The molecular weight excluding hydrogens is 260 g/mol. The smallest absolute Gasteiger partial charge is 0.0433 e. The van der Waals surface area contributed by atoms with E-state index in [1.165, 1.54) is 36.9 Å². The van der Waals surface area contributed by atoms with Gasteiger partial charge in [-0.25, -0.2) is 0 Å². The van der Waals surface area contributed by atoms with E-state index in [-0.39, 0.29) is 0 Å². The molecule has 0 bridgehead atoms. The van der Waals surface area contributed by atoms with Crippen molar-refractivity contribution in [2.24, 2.45) is 0 Å². The van der Waals surface area contributed by atoms with E-state index in [1.807, 2.05) is 11.3 Å². The number of thiophene rings is 1. The lowest BCUT2D eigenvalue weighted by molar-refractivity contribution is 1.56. The van der Waals surface area contributed by atoms with E-state index in [9.17, 15) is 0 Å². The van der Waals surface area contributed by atoms with E-state index < -0.39 is 0 Å². The number of rotatable bonds is 2. The van der Waals surface area contributed by atoms with Crippen LogP contribution in [0.3, 0.4) is 0 Å². The third-order valence-corrected chi connectivity index (χ3v) is 5.08. The van der Waals surface area contributed by atoms with Crippen LogP contribution in [0.5, 0.6) is 0 Å². The highest BCUT2D eigenvalue weighted by Crippen LogP contribution is 2.39. The molecule has 0 unspecified atom stereocenters. The van der Waals surface area contributed by atoms with Gasteiger partial charge in [-0.2, -0.15) is 0 Å². The van der Waals surface area contributed by atoms with Crippen LogP contribution in [0.2, 0.25) is 0 Å². The van der Waals surface area contributed by atoms with Crippen LogP contribution in [0, 0.1) is 6.92 Å². The lowest BCUT2D eigenvalue weighted by Gasteiger charge is -2.03. The Kier molecular flexibility index (Phi) is 3.45. The van der Waals surface area contributed by atoms with Gasteiger partial charge in [-0.1, -0.05) is 54.6 Å². The molecule has 0 N–H and O–H groups in total. The predicted molar refractivity (Wildman–Crippen MR) is 92.5 cm³/mol. The Hall–Kier alpha value is -1.86. The van der Waals surface area contributed by atoms with E-state index in [0.717, 1.165) is 0 Å². The summed E-state index contributed by atoms with van der Waals surface area (Å²) in [6.45, 7) is 6.37. The maximum Gasteiger partial charge on any atom is 0.0433 e. The topological polar surface area (TPSA) is 0 Å². The molecule has 20 heavy (non-hydrogen) atoms. The lowest BCUT2D eigenvalue weighted by atomic mass is 10.0. The molecule has 0 radical (unpaired) electrons. The van der Waals surface area contributed by atoms with Gasteiger partial charge >= 0.3 is 0 Å². The molecule has 0 spiro atoms. The van der Waals surface area contributed by atoms with Crippen molar-refractivity contribution in [3.63, 3.8) is 0 Å². The minimum absolute atomic E-state index is 1.29. The number of allylic oxidation sites excluding steroid dienone is 4. The second-order valence-corrected chi connectivity index (χ2v) is 6.00. The Morgan fingerprint density at radius 2 is 1.65 bits per heavy atom. The molecule has 3 aromatic rings. The lowest BCUT2D eigenvalue weighted by Crippen LogP contribution is -1.80. The standard InChI is InChI=1S/C19H18S/c1-4-8-14(5-2)15-10-7-12-17-16-11-6-9-13(3)18(16)20-19(15)17/h4-12H,1-3H3/b8-4-,14-5+. The zero-order valence-electron chi connectivity index (χ0n) is 12.1. The molecule has 0 atom stereocenters. The summed E-state index contributed by atoms with van der Waals surface area (Å²) in [5.74, 6) is 0. The Labute approximate surface area is 124 Å². The van der Waals surface area contributed by atoms with Gasteiger partial charge in [0.05, 0.1) is 0 Å². The Morgan fingerprint density at radius 1 is 0.950 bits per heavy atom. The highest BCUT2D eigenvalue weighted by molar-refractivity contribution is 7.26. The van der Waals surface area contributed by atoms with Crippen molar-refractivity contribution in [1.29, 1.82) is 0 Å². The molecule has 100 valence electrons. The fourth-order valence-corrected chi connectivity index (χ4v) is 4.01. The van der Waals surface area contributed by atoms with Crippen molar-refractivity contribution in [1.82, 2.24) is 0 Å². The van der Waals surface area contributed by atoms with E-state index in [2.05, 4.69) is 75.4 Å². The average Bonchev–Trinajstić information content (AvgIpc) is 2.85. The maximum absolute atomic E-state index is 2.24. The van der Waals surface area contributed by atoms with Gasteiger partial charge in [-0.15, -0.1) is 11.3 Å². The van der Waals surface area contributed by atoms with E-state index in [4.69, 9.17) is 0 Å². The van der Waals surface area contributed by atoms with Crippen LogP contribution in [-0.2, 0) is 0 Å². The van der Waals surface area contributed by atoms with Crippen molar-refractivity contribution < 1.29 is 0 Å². The molecule has 0 aliphatic rings. The molecule has 1 aromatic heterocycles. The predicted octanol–water partition coefficient (Wildman–Crippen LogP) is 6.34. The zero-order valence-corrected chi connectivity index (χ0v) is 12.9. The summed E-state index contributed by atoms with van der Waals surface area (Å²) in [7, 11) is 0. The summed E-state index contributed by atoms with van der Waals surface area (Å²) in [5, 5.41) is 2.75. The molecule has 0 saturated heterocycles. The summed E-state index contributed by atoms with van der Waals surface area (Å²) >= 11 is 1.91. The third-order valence-electron chi connectivity index (χ3n) is 3.69. The van der Waals surface area contributed by atoms with Crippen molar-refractivity contribution in [3.05, 3.63) is 65.8 Å². The van der Waals surface area contributed by atoms with Gasteiger partial charge in [0.15, 0.2) is 0 Å². The van der Waals surface area contributed by atoms with Crippen molar-refractivity contribution in [2.45, 2.75) is 20.8 Å². The van der Waals surface area contributed by atoms with Gasteiger partial charge in [0, 0.05) is 20.2 Å². The minimum atomic E-state index is 1.29. The molecule has 1 heteroatoms. The molecule has 0 fully saturated rings. The van der Waals surface area contributed by atoms with Crippen LogP contribution < -0.4 is 0 Å². The molecule has 1 heterocycles. The van der Waals surface area contributed by atoms with Gasteiger partial charge in [-0.3, -0.25) is 0 Å². The summed E-state index contributed by atoms with van der Waals surface area (Å²) in [6, 6.07) is 13.2. The molecule has 0 saturated carbocycles. The van der Waals surface area contributed by atoms with Crippen LogP contribution in [-0.4, -0.2) is 0 Å². The van der Waals surface area contributed by atoms with Crippen molar-refractivity contribution in [2.75, 3.05) is 0 Å². The van der Waals surface area contributed by atoms with E-state index >= 15 is 0 Å². The second kappa shape index (κ2) is 5.26. The molecule has 0 aliphatic heterocycles. The van der Waals surface area contributed by atoms with Gasteiger partial charge in [-0.05, 0) is 37.5 Å². The SMILES string of the molecule is C/C=C\C(=C/C)c1cccc2c1sc1c(C)cccc12. The number of hydrogen-bond donors (Lipinski definition) is 0. The molecular formula is C19H18S. The van der Waals surface area contributed by atoms with Gasteiger partial charge in [0.2, 0.25) is 0 Å².